The van der Waals surface area contributed by atoms with Gasteiger partial charge in [-0.1, -0.05) is 11.6 Å². The summed E-state index contributed by atoms with van der Waals surface area (Å²) in [6.45, 7) is 1.71. The van der Waals surface area contributed by atoms with Gasteiger partial charge in [0.05, 0.1) is 17.0 Å². The number of carbonyl (C=O) groups excluding carboxylic acids is 2. The SMILES string of the molecule is CC1(NC(=O)Nc2ccc(NC(=O)c3ccc(Cl)cc3)cc2)CCS(=O)(=O)C1. The van der Waals surface area contributed by atoms with Crippen molar-refractivity contribution in [2.75, 3.05) is 22.1 Å². The first-order valence-corrected chi connectivity index (χ1v) is 10.8. The Kier molecular flexibility index (Phi) is 5.62. The lowest BCUT2D eigenvalue weighted by Crippen LogP contribution is -2.48. The molecule has 1 fully saturated rings. The molecule has 3 N–H and O–H groups in total. The van der Waals surface area contributed by atoms with E-state index in [1.54, 1.807) is 55.5 Å². The normalized spacial score (nSPS) is 20.4. The molecule has 7 nitrogen and oxygen atoms in total. The zero-order valence-corrected chi connectivity index (χ0v) is 16.7. The van der Waals surface area contributed by atoms with Gasteiger partial charge in [0.1, 0.15) is 0 Å². The number of amides is 3. The molecule has 1 saturated heterocycles. The van der Waals surface area contributed by atoms with E-state index in [-0.39, 0.29) is 17.4 Å². The predicted molar refractivity (Wildman–Crippen MR) is 110 cm³/mol. The Morgan fingerprint density at radius 2 is 1.54 bits per heavy atom. The number of hydrogen-bond donors (Lipinski definition) is 3. The molecule has 0 bridgehead atoms. The molecule has 1 aliphatic rings. The number of benzene rings is 2. The Hall–Kier alpha value is -2.58. The largest absolute Gasteiger partial charge is 0.332 e. The Morgan fingerprint density at radius 3 is 2.07 bits per heavy atom. The Bertz CT molecular complexity index is 991. The van der Waals surface area contributed by atoms with Crippen LogP contribution < -0.4 is 16.0 Å². The van der Waals surface area contributed by atoms with Crippen LogP contribution in [0.5, 0.6) is 0 Å². The fraction of sp³-hybridized carbons (Fsp3) is 0.263. The molecule has 0 radical (unpaired) electrons. The Labute approximate surface area is 168 Å². The van der Waals surface area contributed by atoms with Crippen molar-refractivity contribution in [1.29, 1.82) is 0 Å². The lowest BCUT2D eigenvalue weighted by atomic mass is 10.0. The lowest BCUT2D eigenvalue weighted by molar-refractivity contribution is 0.102. The van der Waals surface area contributed by atoms with Crippen molar-refractivity contribution >= 4 is 44.8 Å². The van der Waals surface area contributed by atoms with Gasteiger partial charge in [0.25, 0.3) is 5.91 Å². The summed E-state index contributed by atoms with van der Waals surface area (Å²) in [6.07, 6.45) is 0.387. The summed E-state index contributed by atoms with van der Waals surface area (Å²) in [5.74, 6) is -0.264. The molecule has 1 heterocycles. The third-order valence-corrected chi connectivity index (χ3v) is 6.58. The van der Waals surface area contributed by atoms with Gasteiger partial charge < -0.3 is 16.0 Å². The molecule has 1 atom stereocenters. The molecular formula is C19H20ClN3O4S. The Morgan fingerprint density at radius 1 is 0.964 bits per heavy atom. The maximum absolute atomic E-state index is 12.2. The van der Waals surface area contributed by atoms with Gasteiger partial charge in [-0.2, -0.15) is 0 Å². The lowest BCUT2D eigenvalue weighted by Gasteiger charge is -2.24. The van der Waals surface area contributed by atoms with E-state index >= 15 is 0 Å². The molecule has 0 aromatic heterocycles. The van der Waals surface area contributed by atoms with Crippen molar-refractivity contribution < 1.29 is 18.0 Å². The summed E-state index contributed by atoms with van der Waals surface area (Å²) >= 11 is 5.81. The monoisotopic (exact) mass is 421 g/mol. The molecule has 0 spiro atoms. The van der Waals surface area contributed by atoms with E-state index in [1.807, 2.05) is 0 Å². The van der Waals surface area contributed by atoms with Crippen LogP contribution in [0.25, 0.3) is 0 Å². The highest BCUT2D eigenvalue weighted by Gasteiger charge is 2.39. The van der Waals surface area contributed by atoms with Crippen LogP contribution in [0.4, 0.5) is 16.2 Å². The number of urea groups is 1. The zero-order valence-electron chi connectivity index (χ0n) is 15.2. The van der Waals surface area contributed by atoms with Gasteiger partial charge in [-0.15, -0.1) is 0 Å². The van der Waals surface area contributed by atoms with Crippen molar-refractivity contribution in [3.05, 3.63) is 59.1 Å². The molecule has 28 heavy (non-hydrogen) atoms. The maximum Gasteiger partial charge on any atom is 0.319 e. The van der Waals surface area contributed by atoms with Gasteiger partial charge in [-0.3, -0.25) is 4.79 Å². The maximum atomic E-state index is 12.2. The highest BCUT2D eigenvalue weighted by Crippen LogP contribution is 2.23. The van der Waals surface area contributed by atoms with Gasteiger partial charge in [0.15, 0.2) is 9.84 Å². The van der Waals surface area contributed by atoms with Crippen molar-refractivity contribution in [3.63, 3.8) is 0 Å². The Balaban J connectivity index is 1.56. The summed E-state index contributed by atoms with van der Waals surface area (Å²) in [6, 6.07) is 12.7. The van der Waals surface area contributed by atoms with Crippen LogP contribution in [0.1, 0.15) is 23.7 Å². The average molecular weight is 422 g/mol. The van der Waals surface area contributed by atoms with Gasteiger partial charge in [-0.25, -0.2) is 13.2 Å². The first-order valence-electron chi connectivity index (χ1n) is 8.61. The van der Waals surface area contributed by atoms with Gasteiger partial charge in [-0.05, 0) is 61.9 Å². The number of halogens is 1. The van der Waals surface area contributed by atoms with Crippen molar-refractivity contribution in [1.82, 2.24) is 5.32 Å². The summed E-state index contributed by atoms with van der Waals surface area (Å²) in [7, 11) is -3.10. The number of sulfone groups is 1. The average Bonchev–Trinajstić information content (AvgIpc) is 2.89. The first kappa shape index (κ1) is 20.2. The second kappa shape index (κ2) is 7.81. The van der Waals surface area contributed by atoms with Gasteiger partial charge in [0, 0.05) is 22.0 Å². The van der Waals surface area contributed by atoms with Gasteiger partial charge >= 0.3 is 6.03 Å². The summed E-state index contributed by atoms with van der Waals surface area (Å²) in [5.41, 5.74) is 0.798. The zero-order chi connectivity index (χ0) is 20.4. The smallest absolute Gasteiger partial charge is 0.319 e. The molecule has 0 aliphatic carbocycles. The molecule has 148 valence electrons. The fourth-order valence-electron chi connectivity index (χ4n) is 2.99. The molecule has 2 aromatic carbocycles. The molecule has 9 heteroatoms. The van der Waals surface area contributed by atoms with E-state index in [1.165, 1.54) is 0 Å². The number of anilines is 2. The van der Waals surface area contributed by atoms with Crippen LogP contribution >= 0.6 is 11.6 Å². The molecule has 3 amide bonds. The number of hydrogen-bond acceptors (Lipinski definition) is 4. The molecule has 3 rings (SSSR count). The molecular weight excluding hydrogens is 402 g/mol. The van der Waals surface area contributed by atoms with E-state index in [2.05, 4.69) is 16.0 Å². The summed E-state index contributed by atoms with van der Waals surface area (Å²) in [5, 5.41) is 8.70. The molecule has 0 saturated carbocycles. The number of carbonyl (C=O) groups is 2. The van der Waals surface area contributed by atoms with E-state index in [4.69, 9.17) is 11.6 Å². The second-order valence-corrected chi connectivity index (χ2v) is 9.64. The minimum absolute atomic E-state index is 0.0664. The molecule has 2 aromatic rings. The molecule has 1 unspecified atom stereocenters. The van der Waals surface area contributed by atoms with Crippen LogP contribution in [-0.4, -0.2) is 37.4 Å². The van der Waals surface area contributed by atoms with Crippen molar-refractivity contribution in [2.24, 2.45) is 0 Å². The van der Waals surface area contributed by atoms with Crippen LogP contribution in [0.3, 0.4) is 0 Å². The van der Waals surface area contributed by atoms with Crippen molar-refractivity contribution in [2.45, 2.75) is 18.9 Å². The van der Waals surface area contributed by atoms with Crippen LogP contribution in [0, 0.1) is 0 Å². The minimum Gasteiger partial charge on any atom is -0.332 e. The third-order valence-electron chi connectivity index (χ3n) is 4.43. The molecule has 1 aliphatic heterocycles. The minimum atomic E-state index is -3.10. The number of nitrogens with one attached hydrogen (secondary N) is 3. The van der Waals surface area contributed by atoms with Gasteiger partial charge in [0.2, 0.25) is 0 Å². The quantitative estimate of drug-likeness (QED) is 0.704. The van der Waals surface area contributed by atoms with E-state index in [9.17, 15) is 18.0 Å². The van der Waals surface area contributed by atoms with Crippen LogP contribution in [-0.2, 0) is 9.84 Å². The van der Waals surface area contributed by atoms with Crippen molar-refractivity contribution in [3.8, 4) is 0 Å². The topological polar surface area (TPSA) is 104 Å². The third kappa shape index (κ3) is 5.24. The van der Waals surface area contributed by atoms with E-state index < -0.39 is 21.4 Å². The van der Waals surface area contributed by atoms with Crippen LogP contribution in [0.2, 0.25) is 5.02 Å². The predicted octanol–water partition coefficient (Wildman–Crippen LogP) is 3.29. The highest BCUT2D eigenvalue weighted by atomic mass is 35.5. The standard InChI is InChI=1S/C19H20ClN3O4S/c1-19(10-11-28(26,27)12-19)23-18(25)22-16-8-6-15(7-9-16)21-17(24)13-2-4-14(20)5-3-13/h2-9H,10-12H2,1H3,(H,21,24)(H2,22,23,25). The van der Waals surface area contributed by atoms with Crippen LogP contribution in [0.15, 0.2) is 48.5 Å². The highest BCUT2D eigenvalue weighted by molar-refractivity contribution is 7.91. The van der Waals surface area contributed by atoms with E-state index in [0.29, 0.717) is 28.4 Å². The summed E-state index contributed by atoms with van der Waals surface area (Å²) < 4.78 is 23.2. The second-order valence-electron chi connectivity index (χ2n) is 7.02. The first-order chi connectivity index (χ1) is 13.1. The van der Waals surface area contributed by atoms with E-state index in [0.717, 1.165) is 0 Å². The fourth-order valence-corrected chi connectivity index (χ4v) is 5.21. The number of rotatable bonds is 4. The summed E-state index contributed by atoms with van der Waals surface area (Å²) in [4.78, 5) is 24.3.